The predicted octanol–water partition coefficient (Wildman–Crippen LogP) is 2.59. The first-order valence-electron chi connectivity index (χ1n) is 7.47. The normalized spacial score (nSPS) is 16.3. The fourth-order valence-electron chi connectivity index (χ4n) is 2.86. The van der Waals surface area contributed by atoms with E-state index >= 15 is 0 Å². The summed E-state index contributed by atoms with van der Waals surface area (Å²) in [5, 5.41) is 5.31. The van der Waals surface area contributed by atoms with Crippen LogP contribution in [0, 0.1) is 11.6 Å². The molecule has 2 rings (SSSR count). The minimum absolute atomic E-state index is 0.121. The molecule has 120 valence electrons. The molecule has 1 atom stereocenters. The third-order valence-electron chi connectivity index (χ3n) is 3.84. The van der Waals surface area contributed by atoms with E-state index in [-0.39, 0.29) is 23.9 Å². The Kier molecular flexibility index (Phi) is 5.46. The molecule has 0 bridgehead atoms. The number of carbonyl (C=O) groups is 2. The maximum atomic E-state index is 13.9. The molecule has 1 aliphatic carbocycles. The van der Waals surface area contributed by atoms with Crippen LogP contribution in [0.2, 0.25) is 0 Å². The van der Waals surface area contributed by atoms with Gasteiger partial charge in [0.1, 0.15) is 11.6 Å². The minimum Gasteiger partial charge on any atom is -0.353 e. The Labute approximate surface area is 128 Å². The van der Waals surface area contributed by atoms with Gasteiger partial charge in [-0.2, -0.15) is 0 Å². The van der Waals surface area contributed by atoms with Crippen molar-refractivity contribution in [1.82, 2.24) is 10.6 Å². The van der Waals surface area contributed by atoms with E-state index in [0.717, 1.165) is 37.8 Å². The maximum Gasteiger partial charge on any atom is 0.222 e. The zero-order chi connectivity index (χ0) is 16.1. The third kappa shape index (κ3) is 4.26. The summed E-state index contributed by atoms with van der Waals surface area (Å²) < 4.78 is 27.8. The highest BCUT2D eigenvalue weighted by molar-refractivity contribution is 5.79. The number of halogens is 2. The zero-order valence-corrected chi connectivity index (χ0v) is 12.5. The number of hydrogen-bond acceptors (Lipinski definition) is 2. The van der Waals surface area contributed by atoms with Gasteiger partial charge in [0.2, 0.25) is 11.8 Å². The van der Waals surface area contributed by atoms with Gasteiger partial charge in [0.05, 0.1) is 12.5 Å². The number of nitrogens with one attached hydrogen (secondary N) is 2. The summed E-state index contributed by atoms with van der Waals surface area (Å²) >= 11 is 0. The summed E-state index contributed by atoms with van der Waals surface area (Å²) in [7, 11) is 0. The van der Waals surface area contributed by atoms with Crippen LogP contribution in [-0.2, 0) is 9.59 Å². The number of benzene rings is 1. The zero-order valence-electron chi connectivity index (χ0n) is 12.5. The van der Waals surface area contributed by atoms with Crippen molar-refractivity contribution in [2.24, 2.45) is 0 Å². The van der Waals surface area contributed by atoms with Crippen molar-refractivity contribution < 1.29 is 18.4 Å². The Morgan fingerprint density at radius 3 is 2.36 bits per heavy atom. The molecule has 0 aromatic heterocycles. The molecule has 4 nitrogen and oxygen atoms in total. The van der Waals surface area contributed by atoms with Crippen LogP contribution in [0.5, 0.6) is 0 Å². The molecule has 22 heavy (non-hydrogen) atoms. The summed E-state index contributed by atoms with van der Waals surface area (Å²) in [6, 6.07) is 2.58. The van der Waals surface area contributed by atoms with Crippen molar-refractivity contribution in [1.29, 1.82) is 0 Å². The van der Waals surface area contributed by atoms with Crippen LogP contribution < -0.4 is 10.6 Å². The van der Waals surface area contributed by atoms with E-state index < -0.39 is 23.6 Å². The van der Waals surface area contributed by atoms with Gasteiger partial charge in [-0.1, -0.05) is 18.9 Å². The second-order valence-corrected chi connectivity index (χ2v) is 5.64. The standard InChI is InChI=1S/C16H20F2N2O2/c1-10(21)19-14(16-12(17)7-4-8-13(16)18)9-15(22)20-11-5-2-3-6-11/h4,7-8,11,14H,2-3,5-6,9H2,1H3,(H,19,21)(H,20,22). The quantitative estimate of drug-likeness (QED) is 0.878. The SMILES string of the molecule is CC(=O)NC(CC(=O)NC1CCCC1)c1c(F)cccc1F. The van der Waals surface area contributed by atoms with Crippen LogP contribution in [-0.4, -0.2) is 17.9 Å². The van der Waals surface area contributed by atoms with E-state index in [1.165, 1.54) is 13.0 Å². The average molecular weight is 310 g/mol. The Balaban J connectivity index is 2.12. The molecule has 2 N–H and O–H groups in total. The predicted molar refractivity (Wildman–Crippen MR) is 77.9 cm³/mol. The summed E-state index contributed by atoms with van der Waals surface area (Å²) in [6.07, 6.45) is 3.80. The van der Waals surface area contributed by atoms with E-state index in [2.05, 4.69) is 10.6 Å². The highest BCUT2D eigenvalue weighted by Crippen LogP contribution is 2.24. The van der Waals surface area contributed by atoms with Gasteiger partial charge < -0.3 is 10.6 Å². The molecule has 0 heterocycles. The second kappa shape index (κ2) is 7.33. The second-order valence-electron chi connectivity index (χ2n) is 5.64. The lowest BCUT2D eigenvalue weighted by Gasteiger charge is -2.20. The Hall–Kier alpha value is -1.98. The number of rotatable bonds is 5. The summed E-state index contributed by atoms with van der Waals surface area (Å²) in [5.74, 6) is -2.30. The van der Waals surface area contributed by atoms with Gasteiger partial charge in [-0.25, -0.2) is 8.78 Å². The lowest BCUT2D eigenvalue weighted by atomic mass is 10.0. The van der Waals surface area contributed by atoms with Crippen LogP contribution in [0.1, 0.15) is 50.6 Å². The molecular weight excluding hydrogens is 290 g/mol. The smallest absolute Gasteiger partial charge is 0.222 e. The van der Waals surface area contributed by atoms with Gasteiger partial charge in [-0.15, -0.1) is 0 Å². The van der Waals surface area contributed by atoms with Gasteiger partial charge >= 0.3 is 0 Å². The maximum absolute atomic E-state index is 13.9. The average Bonchev–Trinajstić information content (AvgIpc) is 2.90. The molecule has 0 saturated heterocycles. The van der Waals surface area contributed by atoms with Crippen LogP contribution in [0.3, 0.4) is 0 Å². The summed E-state index contributed by atoms with van der Waals surface area (Å²) in [4.78, 5) is 23.4. The van der Waals surface area contributed by atoms with Gasteiger partial charge in [0.15, 0.2) is 0 Å². The molecule has 0 aliphatic heterocycles. The summed E-state index contributed by atoms with van der Waals surface area (Å²) in [5.41, 5.74) is -0.278. The van der Waals surface area contributed by atoms with Gasteiger partial charge in [0, 0.05) is 18.5 Å². The van der Waals surface area contributed by atoms with Crippen LogP contribution >= 0.6 is 0 Å². The largest absolute Gasteiger partial charge is 0.353 e. The van der Waals surface area contributed by atoms with Crippen molar-refractivity contribution in [3.05, 3.63) is 35.4 Å². The number of carbonyl (C=O) groups excluding carboxylic acids is 2. The third-order valence-corrected chi connectivity index (χ3v) is 3.84. The molecule has 0 spiro atoms. The number of hydrogen-bond donors (Lipinski definition) is 2. The molecule has 1 saturated carbocycles. The van der Waals surface area contributed by atoms with Crippen molar-refractivity contribution in [2.45, 2.75) is 51.1 Å². The van der Waals surface area contributed by atoms with Crippen LogP contribution in [0.4, 0.5) is 8.78 Å². The van der Waals surface area contributed by atoms with E-state index in [1.807, 2.05) is 0 Å². The molecule has 6 heteroatoms. The van der Waals surface area contributed by atoms with Gasteiger partial charge in [-0.3, -0.25) is 9.59 Å². The highest BCUT2D eigenvalue weighted by atomic mass is 19.1. The van der Waals surface area contributed by atoms with E-state index in [9.17, 15) is 18.4 Å². The lowest BCUT2D eigenvalue weighted by Crippen LogP contribution is -2.37. The van der Waals surface area contributed by atoms with Crippen LogP contribution in [0.15, 0.2) is 18.2 Å². The molecule has 1 fully saturated rings. The van der Waals surface area contributed by atoms with E-state index in [1.54, 1.807) is 0 Å². The lowest BCUT2D eigenvalue weighted by molar-refractivity contribution is -0.123. The monoisotopic (exact) mass is 310 g/mol. The molecule has 1 unspecified atom stereocenters. The molecule has 1 aromatic carbocycles. The van der Waals surface area contributed by atoms with Crippen molar-refractivity contribution in [2.75, 3.05) is 0 Å². The fourth-order valence-corrected chi connectivity index (χ4v) is 2.86. The van der Waals surface area contributed by atoms with Crippen molar-refractivity contribution in [3.8, 4) is 0 Å². The van der Waals surface area contributed by atoms with Crippen molar-refractivity contribution in [3.63, 3.8) is 0 Å². The first-order valence-corrected chi connectivity index (χ1v) is 7.47. The first-order chi connectivity index (χ1) is 10.5. The molecule has 1 aliphatic rings. The molecule has 0 radical (unpaired) electrons. The van der Waals surface area contributed by atoms with E-state index in [0.29, 0.717) is 0 Å². The Morgan fingerprint density at radius 2 is 1.82 bits per heavy atom. The highest BCUT2D eigenvalue weighted by Gasteiger charge is 2.25. The fraction of sp³-hybridized carbons (Fsp3) is 0.500. The first kappa shape index (κ1) is 16.4. The topological polar surface area (TPSA) is 58.2 Å². The molecule has 1 aromatic rings. The molecule has 2 amide bonds. The Bertz CT molecular complexity index is 537. The van der Waals surface area contributed by atoms with Crippen molar-refractivity contribution >= 4 is 11.8 Å². The van der Waals surface area contributed by atoms with Gasteiger partial charge in [-0.05, 0) is 25.0 Å². The molecular formula is C16H20F2N2O2. The van der Waals surface area contributed by atoms with Crippen LogP contribution in [0.25, 0.3) is 0 Å². The van der Waals surface area contributed by atoms with E-state index in [4.69, 9.17) is 0 Å². The van der Waals surface area contributed by atoms with Gasteiger partial charge in [0.25, 0.3) is 0 Å². The Morgan fingerprint density at radius 1 is 1.23 bits per heavy atom. The number of amides is 2. The minimum atomic E-state index is -1.01. The summed E-state index contributed by atoms with van der Waals surface area (Å²) in [6.45, 7) is 1.25.